The number of methoxy groups -OCH3 is 1. The minimum Gasteiger partial charge on any atom is -0.493 e. The van der Waals surface area contributed by atoms with E-state index in [0.29, 0.717) is 18.1 Å². The second kappa shape index (κ2) is 8.78. The second-order valence-electron chi connectivity index (χ2n) is 5.61. The molecule has 132 valence electrons. The summed E-state index contributed by atoms with van der Waals surface area (Å²) in [6, 6.07) is 13.2. The molecule has 0 unspecified atom stereocenters. The Bertz CT molecular complexity index is 737. The third-order valence-corrected chi connectivity index (χ3v) is 3.57. The molecule has 0 saturated carbocycles. The molecule has 2 aromatic carbocycles. The maximum absolute atomic E-state index is 12.1. The Morgan fingerprint density at radius 3 is 2.44 bits per heavy atom. The lowest BCUT2D eigenvalue weighted by Gasteiger charge is -2.12. The second-order valence-corrected chi connectivity index (χ2v) is 5.61. The van der Waals surface area contributed by atoms with E-state index in [-0.39, 0.29) is 5.91 Å². The van der Waals surface area contributed by atoms with Crippen LogP contribution < -0.4 is 19.7 Å². The fourth-order valence-electron chi connectivity index (χ4n) is 2.26. The summed E-state index contributed by atoms with van der Waals surface area (Å²) in [4.78, 5) is 14.1. The Balaban J connectivity index is 2.02. The summed E-state index contributed by atoms with van der Waals surface area (Å²) in [5.74, 6) is 1.14. The zero-order valence-electron chi connectivity index (χ0n) is 15.1. The van der Waals surface area contributed by atoms with Crippen LogP contribution in [0.4, 0.5) is 11.4 Å². The van der Waals surface area contributed by atoms with Gasteiger partial charge in [0.05, 0.1) is 13.7 Å². The summed E-state index contributed by atoms with van der Waals surface area (Å²) in [7, 11) is 5.54. The van der Waals surface area contributed by atoms with Crippen molar-refractivity contribution in [1.29, 1.82) is 0 Å². The van der Waals surface area contributed by atoms with Crippen molar-refractivity contribution >= 4 is 23.4 Å². The predicted molar refractivity (Wildman–Crippen MR) is 103 cm³/mol. The topological polar surface area (TPSA) is 50.8 Å². The van der Waals surface area contributed by atoms with E-state index < -0.39 is 0 Å². The monoisotopic (exact) mass is 340 g/mol. The van der Waals surface area contributed by atoms with E-state index in [1.807, 2.05) is 68.4 Å². The number of rotatable bonds is 7. The highest BCUT2D eigenvalue weighted by molar-refractivity contribution is 6.02. The van der Waals surface area contributed by atoms with Crippen LogP contribution >= 0.6 is 0 Å². The van der Waals surface area contributed by atoms with E-state index in [9.17, 15) is 4.79 Å². The molecule has 2 rings (SSSR count). The van der Waals surface area contributed by atoms with E-state index in [1.54, 1.807) is 13.2 Å². The van der Waals surface area contributed by atoms with Crippen LogP contribution in [0, 0.1) is 0 Å². The van der Waals surface area contributed by atoms with Gasteiger partial charge in [-0.05, 0) is 55.0 Å². The number of nitrogens with zero attached hydrogens (tertiary/aromatic N) is 1. The normalized spacial score (nSPS) is 10.6. The van der Waals surface area contributed by atoms with Crippen LogP contribution in [0.15, 0.2) is 48.5 Å². The third kappa shape index (κ3) is 5.28. The first kappa shape index (κ1) is 18.4. The van der Waals surface area contributed by atoms with Crippen molar-refractivity contribution in [1.82, 2.24) is 0 Å². The first-order chi connectivity index (χ1) is 12.0. The lowest BCUT2D eigenvalue weighted by Crippen LogP contribution is -2.10. The Labute approximate surface area is 148 Å². The van der Waals surface area contributed by atoms with E-state index >= 15 is 0 Å². The third-order valence-electron chi connectivity index (χ3n) is 3.57. The van der Waals surface area contributed by atoms with Crippen molar-refractivity contribution in [3.05, 3.63) is 54.1 Å². The predicted octanol–water partition coefficient (Wildman–Crippen LogP) is 3.81. The standard InChI is InChI=1S/C20H24N2O3/c1-5-25-18-12-6-15(14-19(18)24-4)7-13-20(23)21-16-8-10-17(11-9-16)22(2)3/h6-14H,5H2,1-4H3,(H,21,23)/b13-7+. The molecule has 0 spiro atoms. The van der Waals surface area contributed by atoms with Gasteiger partial charge in [0.2, 0.25) is 5.91 Å². The van der Waals surface area contributed by atoms with Crippen molar-refractivity contribution in [3.63, 3.8) is 0 Å². The number of nitrogens with one attached hydrogen (secondary N) is 1. The number of ether oxygens (including phenoxy) is 2. The number of carbonyl (C=O) groups excluding carboxylic acids is 1. The number of benzene rings is 2. The summed E-state index contributed by atoms with van der Waals surface area (Å²) < 4.78 is 10.8. The molecule has 25 heavy (non-hydrogen) atoms. The lowest BCUT2D eigenvalue weighted by atomic mass is 10.2. The van der Waals surface area contributed by atoms with E-state index in [2.05, 4.69) is 5.32 Å². The highest BCUT2D eigenvalue weighted by atomic mass is 16.5. The first-order valence-electron chi connectivity index (χ1n) is 8.10. The smallest absolute Gasteiger partial charge is 0.248 e. The van der Waals surface area contributed by atoms with Gasteiger partial charge in [0, 0.05) is 31.5 Å². The zero-order valence-corrected chi connectivity index (χ0v) is 15.1. The van der Waals surface area contributed by atoms with Gasteiger partial charge < -0.3 is 19.7 Å². The molecule has 0 saturated heterocycles. The summed E-state index contributed by atoms with van der Waals surface area (Å²) >= 11 is 0. The van der Waals surface area contributed by atoms with Gasteiger partial charge >= 0.3 is 0 Å². The van der Waals surface area contributed by atoms with Gasteiger partial charge in [-0.25, -0.2) is 0 Å². The molecule has 0 heterocycles. The van der Waals surface area contributed by atoms with Crippen molar-refractivity contribution in [2.45, 2.75) is 6.92 Å². The number of anilines is 2. The fraction of sp³-hybridized carbons (Fsp3) is 0.250. The summed E-state index contributed by atoms with van der Waals surface area (Å²) in [5.41, 5.74) is 2.69. The summed E-state index contributed by atoms with van der Waals surface area (Å²) in [5, 5.41) is 2.84. The minimum atomic E-state index is -0.189. The Morgan fingerprint density at radius 1 is 1.12 bits per heavy atom. The number of hydrogen-bond acceptors (Lipinski definition) is 4. The molecule has 2 aromatic rings. The maximum atomic E-state index is 12.1. The average Bonchev–Trinajstić information content (AvgIpc) is 2.61. The molecule has 5 nitrogen and oxygen atoms in total. The molecular weight excluding hydrogens is 316 g/mol. The molecular formula is C20H24N2O3. The molecule has 0 aliphatic rings. The van der Waals surface area contributed by atoms with Crippen molar-refractivity contribution in [2.75, 3.05) is 38.0 Å². The molecule has 5 heteroatoms. The molecule has 0 radical (unpaired) electrons. The van der Waals surface area contributed by atoms with Crippen LogP contribution in [-0.4, -0.2) is 33.7 Å². The van der Waals surface area contributed by atoms with Crippen molar-refractivity contribution in [3.8, 4) is 11.5 Å². The molecule has 0 aliphatic carbocycles. The van der Waals surface area contributed by atoms with E-state index in [1.165, 1.54) is 6.08 Å². The maximum Gasteiger partial charge on any atom is 0.248 e. The number of hydrogen-bond donors (Lipinski definition) is 1. The van der Waals surface area contributed by atoms with Gasteiger partial charge in [0.1, 0.15) is 0 Å². The van der Waals surface area contributed by atoms with Gasteiger partial charge in [0.15, 0.2) is 11.5 Å². The van der Waals surface area contributed by atoms with Gasteiger partial charge in [-0.1, -0.05) is 6.07 Å². The van der Waals surface area contributed by atoms with Crippen molar-refractivity contribution < 1.29 is 14.3 Å². The molecule has 0 bridgehead atoms. The van der Waals surface area contributed by atoms with Gasteiger partial charge in [0.25, 0.3) is 0 Å². The molecule has 0 fully saturated rings. The van der Waals surface area contributed by atoms with Crippen LogP contribution in [0.5, 0.6) is 11.5 Å². The van der Waals surface area contributed by atoms with E-state index in [0.717, 1.165) is 16.9 Å². The van der Waals surface area contributed by atoms with Crippen LogP contribution in [0.2, 0.25) is 0 Å². The average molecular weight is 340 g/mol. The lowest BCUT2D eigenvalue weighted by molar-refractivity contribution is -0.111. The molecule has 1 amide bonds. The molecule has 1 N–H and O–H groups in total. The largest absolute Gasteiger partial charge is 0.493 e. The molecule has 0 aliphatic heterocycles. The van der Waals surface area contributed by atoms with Crippen LogP contribution in [0.3, 0.4) is 0 Å². The Kier molecular flexibility index (Phi) is 6.46. The first-order valence-corrected chi connectivity index (χ1v) is 8.10. The number of amides is 1. The minimum absolute atomic E-state index is 0.189. The highest BCUT2D eigenvalue weighted by Gasteiger charge is 2.04. The quantitative estimate of drug-likeness (QED) is 0.779. The van der Waals surface area contributed by atoms with Crippen LogP contribution in [0.1, 0.15) is 12.5 Å². The van der Waals surface area contributed by atoms with Gasteiger partial charge in [-0.2, -0.15) is 0 Å². The SMILES string of the molecule is CCOc1ccc(/C=C/C(=O)Nc2ccc(N(C)C)cc2)cc1OC. The molecule has 0 atom stereocenters. The fourth-order valence-corrected chi connectivity index (χ4v) is 2.26. The highest BCUT2D eigenvalue weighted by Crippen LogP contribution is 2.28. The summed E-state index contributed by atoms with van der Waals surface area (Å²) in [6.45, 7) is 2.49. The number of carbonyl (C=O) groups is 1. The van der Waals surface area contributed by atoms with Crippen LogP contribution in [-0.2, 0) is 4.79 Å². The zero-order chi connectivity index (χ0) is 18.2. The summed E-state index contributed by atoms with van der Waals surface area (Å²) in [6.07, 6.45) is 3.23. The van der Waals surface area contributed by atoms with Crippen molar-refractivity contribution in [2.24, 2.45) is 0 Å². The van der Waals surface area contributed by atoms with E-state index in [4.69, 9.17) is 9.47 Å². The molecule has 0 aromatic heterocycles. The van der Waals surface area contributed by atoms with Crippen LogP contribution in [0.25, 0.3) is 6.08 Å². The Hall–Kier alpha value is -2.95. The van der Waals surface area contributed by atoms with Gasteiger partial charge in [-0.3, -0.25) is 4.79 Å². The Morgan fingerprint density at radius 2 is 1.84 bits per heavy atom. The van der Waals surface area contributed by atoms with Gasteiger partial charge in [-0.15, -0.1) is 0 Å².